The molecule has 1 aliphatic carbocycles. The van der Waals surface area contributed by atoms with Crippen molar-refractivity contribution in [3.8, 4) is 11.1 Å². The van der Waals surface area contributed by atoms with Crippen molar-refractivity contribution in [3.05, 3.63) is 59.2 Å². The molecule has 0 bridgehead atoms. The topological polar surface area (TPSA) is 105 Å². The standard InChI is InChI=1S/C22H24N2O5/c1-2-23-20(25)11-10-19(21(26)27)24-22(28)29-13-15-7-5-9-17-16-8-4-3-6-14(16)12-18(15)17/h3-9,19H,2,10-13H2,1H3,(H,23,25)(H,24,28)(H,26,27). The van der Waals surface area contributed by atoms with Crippen LogP contribution in [0.25, 0.3) is 11.1 Å². The highest BCUT2D eigenvalue weighted by molar-refractivity contribution is 5.82. The van der Waals surface area contributed by atoms with Crippen molar-refractivity contribution >= 4 is 18.0 Å². The number of carbonyl (C=O) groups excluding carboxylic acids is 2. The lowest BCUT2D eigenvalue weighted by atomic mass is 10.0. The van der Waals surface area contributed by atoms with E-state index in [9.17, 15) is 19.5 Å². The van der Waals surface area contributed by atoms with Crippen molar-refractivity contribution in [1.82, 2.24) is 10.6 Å². The van der Waals surface area contributed by atoms with E-state index in [2.05, 4.69) is 22.8 Å². The van der Waals surface area contributed by atoms with Crippen molar-refractivity contribution in [2.24, 2.45) is 0 Å². The number of rotatable bonds is 8. The van der Waals surface area contributed by atoms with Crippen LogP contribution in [-0.4, -0.2) is 35.7 Å². The van der Waals surface area contributed by atoms with Gasteiger partial charge in [-0.2, -0.15) is 0 Å². The van der Waals surface area contributed by atoms with Crippen LogP contribution in [0.4, 0.5) is 4.79 Å². The predicted octanol–water partition coefficient (Wildman–Crippen LogP) is 2.85. The van der Waals surface area contributed by atoms with Crippen molar-refractivity contribution in [2.45, 2.75) is 38.8 Å². The number of benzene rings is 2. The Hall–Kier alpha value is -3.35. The van der Waals surface area contributed by atoms with Gasteiger partial charge in [-0.05, 0) is 47.6 Å². The Balaban J connectivity index is 1.58. The highest BCUT2D eigenvalue weighted by atomic mass is 16.5. The maximum Gasteiger partial charge on any atom is 0.408 e. The molecule has 2 amide bonds. The van der Waals surface area contributed by atoms with Gasteiger partial charge in [0.2, 0.25) is 5.91 Å². The number of hydrogen-bond acceptors (Lipinski definition) is 4. The molecule has 0 saturated carbocycles. The SMILES string of the molecule is CCNC(=O)CCC(NC(=O)OCc1cccc2c1Cc1ccccc1-2)C(=O)O. The van der Waals surface area contributed by atoms with E-state index in [0.717, 1.165) is 23.1 Å². The minimum Gasteiger partial charge on any atom is -0.480 e. The number of carboxylic acid groups (broad SMARTS) is 1. The van der Waals surface area contributed by atoms with Crippen LogP contribution in [0.1, 0.15) is 36.5 Å². The molecule has 29 heavy (non-hydrogen) atoms. The fourth-order valence-electron chi connectivity index (χ4n) is 3.50. The van der Waals surface area contributed by atoms with Crippen LogP contribution < -0.4 is 10.6 Å². The summed E-state index contributed by atoms with van der Waals surface area (Å²) in [5, 5.41) is 14.2. The molecule has 0 aliphatic heterocycles. The quantitative estimate of drug-likeness (QED) is 0.543. The first-order valence-corrected chi connectivity index (χ1v) is 9.61. The molecule has 0 fully saturated rings. The third kappa shape index (κ3) is 4.93. The minimum absolute atomic E-state index is 0.00763. The van der Waals surface area contributed by atoms with Gasteiger partial charge in [-0.1, -0.05) is 42.5 Å². The van der Waals surface area contributed by atoms with Gasteiger partial charge in [0.05, 0.1) is 0 Å². The summed E-state index contributed by atoms with van der Waals surface area (Å²) in [5.74, 6) is -1.46. The van der Waals surface area contributed by atoms with E-state index in [4.69, 9.17) is 4.74 Å². The largest absolute Gasteiger partial charge is 0.480 e. The molecule has 0 radical (unpaired) electrons. The van der Waals surface area contributed by atoms with E-state index in [0.29, 0.717) is 6.54 Å². The Kier molecular flexibility index (Phi) is 6.49. The van der Waals surface area contributed by atoms with E-state index < -0.39 is 18.1 Å². The van der Waals surface area contributed by atoms with E-state index >= 15 is 0 Å². The first kappa shape index (κ1) is 20.4. The molecule has 2 aromatic rings. The molecule has 0 aromatic heterocycles. The monoisotopic (exact) mass is 396 g/mol. The summed E-state index contributed by atoms with van der Waals surface area (Å²) in [7, 11) is 0. The second kappa shape index (κ2) is 9.23. The normalized spacial score (nSPS) is 12.4. The van der Waals surface area contributed by atoms with Crippen LogP contribution in [0.5, 0.6) is 0 Å². The van der Waals surface area contributed by atoms with Crippen LogP contribution in [-0.2, 0) is 27.4 Å². The molecule has 7 heteroatoms. The lowest BCUT2D eigenvalue weighted by Gasteiger charge is -2.15. The average Bonchev–Trinajstić information content (AvgIpc) is 3.09. The maximum absolute atomic E-state index is 12.1. The molecule has 1 unspecified atom stereocenters. The number of fused-ring (bicyclic) bond motifs is 3. The average molecular weight is 396 g/mol. The van der Waals surface area contributed by atoms with Gasteiger partial charge in [0.25, 0.3) is 0 Å². The zero-order valence-electron chi connectivity index (χ0n) is 16.2. The van der Waals surface area contributed by atoms with Gasteiger partial charge < -0.3 is 20.5 Å². The number of aliphatic carboxylic acids is 1. The highest BCUT2D eigenvalue weighted by Gasteiger charge is 2.23. The van der Waals surface area contributed by atoms with Crippen molar-refractivity contribution in [2.75, 3.05) is 6.54 Å². The van der Waals surface area contributed by atoms with Crippen LogP contribution in [0.3, 0.4) is 0 Å². The van der Waals surface area contributed by atoms with Gasteiger partial charge >= 0.3 is 12.1 Å². The number of carbonyl (C=O) groups is 3. The molecule has 1 atom stereocenters. The number of nitrogens with one attached hydrogen (secondary N) is 2. The molecule has 2 aromatic carbocycles. The Labute approximate surface area is 169 Å². The molecular weight excluding hydrogens is 372 g/mol. The Morgan fingerprint density at radius 2 is 1.86 bits per heavy atom. The molecule has 3 N–H and O–H groups in total. The van der Waals surface area contributed by atoms with Gasteiger partial charge in [-0.25, -0.2) is 9.59 Å². The van der Waals surface area contributed by atoms with E-state index in [1.54, 1.807) is 6.92 Å². The van der Waals surface area contributed by atoms with Crippen LogP contribution in [0.15, 0.2) is 42.5 Å². The Morgan fingerprint density at radius 3 is 2.62 bits per heavy atom. The van der Waals surface area contributed by atoms with Gasteiger partial charge in [0.15, 0.2) is 0 Å². The number of alkyl carbamates (subject to hydrolysis) is 1. The van der Waals surface area contributed by atoms with E-state index in [-0.39, 0.29) is 25.4 Å². The fourth-order valence-corrected chi connectivity index (χ4v) is 3.50. The van der Waals surface area contributed by atoms with Gasteiger partial charge in [0.1, 0.15) is 12.6 Å². The summed E-state index contributed by atoms with van der Waals surface area (Å²) in [6.07, 6.45) is -0.0415. The molecule has 1 aliphatic rings. The number of amides is 2. The van der Waals surface area contributed by atoms with Crippen LogP contribution in [0, 0.1) is 0 Å². The van der Waals surface area contributed by atoms with Gasteiger partial charge in [-0.3, -0.25) is 4.79 Å². The third-order valence-electron chi connectivity index (χ3n) is 4.93. The van der Waals surface area contributed by atoms with Crippen molar-refractivity contribution < 1.29 is 24.2 Å². The summed E-state index contributed by atoms with van der Waals surface area (Å²) in [4.78, 5) is 35.0. The van der Waals surface area contributed by atoms with E-state index in [1.807, 2.05) is 30.3 Å². The highest BCUT2D eigenvalue weighted by Crippen LogP contribution is 2.38. The third-order valence-corrected chi connectivity index (χ3v) is 4.93. The summed E-state index contributed by atoms with van der Waals surface area (Å²) >= 11 is 0. The molecule has 3 rings (SSSR count). The lowest BCUT2D eigenvalue weighted by molar-refractivity contribution is -0.139. The summed E-state index contributed by atoms with van der Waals surface area (Å²) in [6, 6.07) is 12.8. The van der Waals surface area contributed by atoms with E-state index in [1.165, 1.54) is 11.1 Å². The molecule has 152 valence electrons. The molecule has 7 nitrogen and oxygen atoms in total. The zero-order chi connectivity index (χ0) is 20.8. The van der Waals surface area contributed by atoms with Gasteiger partial charge in [-0.15, -0.1) is 0 Å². The number of ether oxygens (including phenoxy) is 1. The van der Waals surface area contributed by atoms with Crippen LogP contribution >= 0.6 is 0 Å². The summed E-state index contributed by atoms with van der Waals surface area (Å²) in [5.41, 5.74) is 5.56. The lowest BCUT2D eigenvalue weighted by Crippen LogP contribution is -2.41. The van der Waals surface area contributed by atoms with Crippen molar-refractivity contribution in [1.29, 1.82) is 0 Å². The Morgan fingerprint density at radius 1 is 1.10 bits per heavy atom. The Bertz CT molecular complexity index is 925. The second-order valence-corrected chi connectivity index (χ2v) is 6.88. The smallest absolute Gasteiger partial charge is 0.408 e. The predicted molar refractivity (Wildman–Crippen MR) is 107 cm³/mol. The molecule has 0 spiro atoms. The number of hydrogen-bond donors (Lipinski definition) is 3. The molecule has 0 saturated heterocycles. The number of carboxylic acids is 1. The maximum atomic E-state index is 12.1. The van der Waals surface area contributed by atoms with Crippen LogP contribution in [0.2, 0.25) is 0 Å². The first-order valence-electron chi connectivity index (χ1n) is 9.61. The fraction of sp³-hybridized carbons (Fsp3) is 0.318. The second-order valence-electron chi connectivity index (χ2n) is 6.88. The summed E-state index contributed by atoms with van der Waals surface area (Å²) in [6.45, 7) is 2.30. The summed E-state index contributed by atoms with van der Waals surface area (Å²) < 4.78 is 5.27. The minimum atomic E-state index is -1.21. The van der Waals surface area contributed by atoms with Gasteiger partial charge in [0, 0.05) is 13.0 Å². The molecular formula is C22H24N2O5. The zero-order valence-corrected chi connectivity index (χ0v) is 16.2. The molecule has 0 heterocycles. The first-order chi connectivity index (χ1) is 14.0. The van der Waals surface area contributed by atoms with Crippen molar-refractivity contribution in [3.63, 3.8) is 0 Å².